The lowest BCUT2D eigenvalue weighted by Crippen LogP contribution is -2.31. The molecular formula is C17H19NO2S. The lowest BCUT2D eigenvalue weighted by Gasteiger charge is -2.25. The van der Waals surface area contributed by atoms with Gasteiger partial charge in [-0.05, 0) is 42.0 Å². The van der Waals surface area contributed by atoms with Crippen molar-refractivity contribution in [3.8, 4) is 5.75 Å². The van der Waals surface area contributed by atoms with Crippen LogP contribution in [0.1, 0.15) is 29.3 Å². The monoisotopic (exact) mass is 301 g/mol. The minimum Gasteiger partial charge on any atom is -0.497 e. The molecule has 1 fully saturated rings. The summed E-state index contributed by atoms with van der Waals surface area (Å²) in [5.74, 6) is 1.09. The van der Waals surface area contributed by atoms with Crippen molar-refractivity contribution >= 4 is 17.2 Å². The van der Waals surface area contributed by atoms with Crippen LogP contribution in [0.15, 0.2) is 41.8 Å². The number of rotatable bonds is 4. The second kappa shape index (κ2) is 6.31. The van der Waals surface area contributed by atoms with Crippen LogP contribution in [0.4, 0.5) is 0 Å². The number of benzene rings is 1. The molecule has 1 atom stereocenters. The van der Waals surface area contributed by atoms with E-state index in [0.717, 1.165) is 30.0 Å². The van der Waals surface area contributed by atoms with Gasteiger partial charge in [-0.25, -0.2) is 0 Å². The van der Waals surface area contributed by atoms with E-state index in [1.165, 1.54) is 5.56 Å². The number of methoxy groups -OCH3 is 1. The number of amides is 1. The van der Waals surface area contributed by atoms with Gasteiger partial charge in [-0.1, -0.05) is 18.2 Å². The number of thiophene rings is 1. The van der Waals surface area contributed by atoms with Gasteiger partial charge in [0.2, 0.25) is 5.91 Å². The second-order valence-corrected chi connectivity index (χ2v) is 6.31. The van der Waals surface area contributed by atoms with Crippen molar-refractivity contribution in [1.82, 2.24) is 4.90 Å². The van der Waals surface area contributed by atoms with Crippen LogP contribution >= 0.6 is 11.3 Å². The van der Waals surface area contributed by atoms with E-state index in [-0.39, 0.29) is 11.9 Å². The molecule has 0 spiro atoms. The molecule has 0 bridgehead atoms. The number of carbonyl (C=O) groups excluding carboxylic acids is 1. The minimum absolute atomic E-state index is 0.211. The first kappa shape index (κ1) is 14.1. The number of nitrogens with zero attached hydrogens (tertiary/aromatic N) is 1. The first-order valence-electron chi connectivity index (χ1n) is 7.24. The number of likely N-dealkylation sites (tertiary alicyclic amines) is 1. The average Bonchev–Trinajstić information content (AvgIpc) is 3.18. The molecule has 1 aromatic carbocycles. The maximum atomic E-state index is 12.5. The van der Waals surface area contributed by atoms with Gasteiger partial charge in [0.05, 0.1) is 19.6 Å². The molecule has 21 heavy (non-hydrogen) atoms. The van der Waals surface area contributed by atoms with Crippen molar-refractivity contribution in [3.05, 3.63) is 52.2 Å². The summed E-state index contributed by atoms with van der Waals surface area (Å²) in [6, 6.07) is 12.3. The zero-order valence-electron chi connectivity index (χ0n) is 12.1. The molecule has 1 aromatic heterocycles. The Kier molecular flexibility index (Phi) is 4.25. The average molecular weight is 301 g/mol. The van der Waals surface area contributed by atoms with Crippen LogP contribution in [-0.4, -0.2) is 24.5 Å². The zero-order chi connectivity index (χ0) is 14.7. The van der Waals surface area contributed by atoms with Crippen LogP contribution in [0, 0.1) is 0 Å². The normalized spacial score (nSPS) is 18.0. The fraction of sp³-hybridized carbons (Fsp3) is 0.353. The number of carbonyl (C=O) groups is 1. The summed E-state index contributed by atoms with van der Waals surface area (Å²) in [7, 11) is 1.67. The Bertz CT molecular complexity index is 592. The second-order valence-electron chi connectivity index (χ2n) is 5.27. The lowest BCUT2D eigenvalue weighted by atomic mass is 10.0. The highest BCUT2D eigenvalue weighted by Crippen LogP contribution is 2.33. The van der Waals surface area contributed by atoms with E-state index in [9.17, 15) is 4.79 Å². The predicted molar refractivity (Wildman–Crippen MR) is 84.7 cm³/mol. The standard InChI is InChI=1S/C17H19NO2S/c1-20-14-8-6-13(7-9-14)16-5-2-10-18(16)17(19)12-15-4-3-11-21-15/h3-4,6-9,11,16H,2,5,10,12H2,1H3/t16-/m1/s1. The fourth-order valence-corrected chi connectivity index (χ4v) is 3.60. The third-order valence-electron chi connectivity index (χ3n) is 3.98. The summed E-state index contributed by atoms with van der Waals surface area (Å²) in [6.45, 7) is 0.862. The van der Waals surface area contributed by atoms with Crippen molar-refractivity contribution in [2.45, 2.75) is 25.3 Å². The van der Waals surface area contributed by atoms with Crippen LogP contribution in [0.25, 0.3) is 0 Å². The van der Waals surface area contributed by atoms with Gasteiger partial charge in [0, 0.05) is 11.4 Å². The summed E-state index contributed by atoms with van der Waals surface area (Å²) in [4.78, 5) is 15.7. The summed E-state index contributed by atoms with van der Waals surface area (Å²) < 4.78 is 5.20. The smallest absolute Gasteiger partial charge is 0.228 e. The van der Waals surface area contributed by atoms with Crippen molar-refractivity contribution in [3.63, 3.8) is 0 Å². The van der Waals surface area contributed by atoms with Gasteiger partial charge < -0.3 is 9.64 Å². The first-order valence-corrected chi connectivity index (χ1v) is 8.11. The number of hydrogen-bond donors (Lipinski definition) is 0. The van der Waals surface area contributed by atoms with Crippen LogP contribution in [0.5, 0.6) is 5.75 Å². The summed E-state index contributed by atoms with van der Waals surface area (Å²) >= 11 is 1.65. The number of ether oxygens (including phenoxy) is 1. The van der Waals surface area contributed by atoms with Crippen LogP contribution in [-0.2, 0) is 11.2 Å². The van der Waals surface area contributed by atoms with E-state index < -0.39 is 0 Å². The van der Waals surface area contributed by atoms with E-state index in [1.807, 2.05) is 34.5 Å². The molecule has 1 amide bonds. The highest BCUT2D eigenvalue weighted by Gasteiger charge is 2.29. The molecular weight excluding hydrogens is 282 g/mol. The van der Waals surface area contributed by atoms with Crippen molar-refractivity contribution in [2.24, 2.45) is 0 Å². The molecule has 1 aliphatic rings. The Morgan fingerprint density at radius 3 is 2.81 bits per heavy atom. The quantitative estimate of drug-likeness (QED) is 0.862. The van der Waals surface area contributed by atoms with E-state index in [1.54, 1.807) is 18.4 Å². The summed E-state index contributed by atoms with van der Waals surface area (Å²) in [5.41, 5.74) is 1.20. The van der Waals surface area contributed by atoms with Crippen LogP contribution in [0.3, 0.4) is 0 Å². The molecule has 0 unspecified atom stereocenters. The minimum atomic E-state index is 0.211. The molecule has 0 radical (unpaired) electrons. The Morgan fingerprint density at radius 2 is 2.14 bits per heavy atom. The molecule has 0 saturated carbocycles. The maximum absolute atomic E-state index is 12.5. The van der Waals surface area contributed by atoms with Gasteiger partial charge in [-0.3, -0.25) is 4.79 Å². The largest absolute Gasteiger partial charge is 0.497 e. The van der Waals surface area contributed by atoms with Gasteiger partial charge in [-0.2, -0.15) is 0 Å². The molecule has 3 rings (SSSR count). The van der Waals surface area contributed by atoms with E-state index in [2.05, 4.69) is 12.1 Å². The lowest BCUT2D eigenvalue weighted by molar-refractivity contribution is -0.131. The van der Waals surface area contributed by atoms with Gasteiger partial charge in [0.15, 0.2) is 0 Å². The van der Waals surface area contributed by atoms with E-state index >= 15 is 0 Å². The fourth-order valence-electron chi connectivity index (χ4n) is 2.90. The van der Waals surface area contributed by atoms with E-state index in [4.69, 9.17) is 4.74 Å². The third-order valence-corrected chi connectivity index (χ3v) is 4.86. The Morgan fingerprint density at radius 1 is 1.33 bits per heavy atom. The van der Waals surface area contributed by atoms with Gasteiger partial charge >= 0.3 is 0 Å². The third kappa shape index (κ3) is 3.10. The van der Waals surface area contributed by atoms with E-state index in [0.29, 0.717) is 6.42 Å². The molecule has 2 aromatic rings. The molecule has 0 aliphatic carbocycles. The van der Waals surface area contributed by atoms with Crippen LogP contribution < -0.4 is 4.74 Å². The SMILES string of the molecule is COc1ccc([C@H]2CCCN2C(=O)Cc2cccs2)cc1. The molecule has 0 N–H and O–H groups in total. The van der Waals surface area contributed by atoms with Crippen molar-refractivity contribution < 1.29 is 9.53 Å². The van der Waals surface area contributed by atoms with Gasteiger partial charge in [-0.15, -0.1) is 11.3 Å². The highest BCUT2D eigenvalue weighted by atomic mass is 32.1. The Balaban J connectivity index is 1.73. The maximum Gasteiger partial charge on any atom is 0.228 e. The zero-order valence-corrected chi connectivity index (χ0v) is 12.9. The molecule has 3 nitrogen and oxygen atoms in total. The summed E-state index contributed by atoms with van der Waals surface area (Å²) in [5, 5.41) is 2.02. The predicted octanol–water partition coefficient (Wildman–Crippen LogP) is 3.66. The van der Waals surface area contributed by atoms with Gasteiger partial charge in [0.1, 0.15) is 5.75 Å². The van der Waals surface area contributed by atoms with Crippen molar-refractivity contribution in [1.29, 1.82) is 0 Å². The highest BCUT2D eigenvalue weighted by molar-refractivity contribution is 7.10. The molecule has 110 valence electrons. The Hall–Kier alpha value is -1.81. The molecule has 2 heterocycles. The first-order chi connectivity index (χ1) is 10.3. The topological polar surface area (TPSA) is 29.5 Å². The Labute approximate surface area is 129 Å². The summed E-state index contributed by atoms with van der Waals surface area (Å²) in [6.07, 6.45) is 2.64. The molecule has 4 heteroatoms. The molecule has 1 saturated heterocycles. The van der Waals surface area contributed by atoms with Crippen LogP contribution in [0.2, 0.25) is 0 Å². The van der Waals surface area contributed by atoms with Gasteiger partial charge in [0.25, 0.3) is 0 Å². The molecule has 1 aliphatic heterocycles. The number of hydrogen-bond acceptors (Lipinski definition) is 3. The van der Waals surface area contributed by atoms with Crippen molar-refractivity contribution in [2.75, 3.05) is 13.7 Å².